The van der Waals surface area contributed by atoms with Crippen molar-refractivity contribution < 1.29 is 9.53 Å². The smallest absolute Gasteiger partial charge is 0.247 e. The lowest BCUT2D eigenvalue weighted by molar-refractivity contribution is -0.122. The number of para-hydroxylation sites is 2. The summed E-state index contributed by atoms with van der Waals surface area (Å²) in [4.78, 5) is 16.0. The molecule has 5 nitrogen and oxygen atoms in total. The number of nitrogens with two attached hydrogens (primary N) is 1. The minimum Gasteiger partial charge on any atom is -0.495 e. The Balaban J connectivity index is 2.43. The first-order valence-electron chi connectivity index (χ1n) is 6.19. The van der Waals surface area contributed by atoms with Crippen LogP contribution in [0.15, 0.2) is 48.8 Å². The molecule has 20 heavy (non-hydrogen) atoms. The lowest BCUT2D eigenvalue weighted by Gasteiger charge is -2.29. The first-order chi connectivity index (χ1) is 9.58. The molecule has 0 aliphatic rings. The highest BCUT2D eigenvalue weighted by Gasteiger charge is 2.34. The Hall–Kier alpha value is -2.56. The van der Waals surface area contributed by atoms with Crippen LogP contribution in [0.1, 0.15) is 12.5 Å². The number of ether oxygens (including phenoxy) is 1. The largest absolute Gasteiger partial charge is 0.495 e. The number of anilines is 1. The number of nitrogens with zero attached hydrogens (tertiary/aromatic N) is 1. The van der Waals surface area contributed by atoms with Gasteiger partial charge in [-0.05, 0) is 25.1 Å². The molecule has 104 valence electrons. The summed E-state index contributed by atoms with van der Waals surface area (Å²) in [5.41, 5.74) is 5.89. The van der Waals surface area contributed by atoms with Crippen molar-refractivity contribution in [1.29, 1.82) is 0 Å². The van der Waals surface area contributed by atoms with Crippen LogP contribution in [0, 0.1) is 0 Å². The van der Waals surface area contributed by atoms with Crippen LogP contribution in [0.3, 0.4) is 0 Å². The highest BCUT2D eigenvalue weighted by molar-refractivity contribution is 5.89. The van der Waals surface area contributed by atoms with Crippen LogP contribution < -0.4 is 15.8 Å². The van der Waals surface area contributed by atoms with Gasteiger partial charge in [0.2, 0.25) is 5.91 Å². The second-order valence-electron chi connectivity index (χ2n) is 4.56. The molecule has 1 amide bonds. The van der Waals surface area contributed by atoms with Crippen molar-refractivity contribution in [2.24, 2.45) is 5.73 Å². The second kappa shape index (κ2) is 5.61. The zero-order valence-corrected chi connectivity index (χ0v) is 11.5. The number of pyridine rings is 1. The number of nitrogens with one attached hydrogen (secondary N) is 1. The van der Waals surface area contributed by atoms with Crippen molar-refractivity contribution in [2.45, 2.75) is 12.5 Å². The summed E-state index contributed by atoms with van der Waals surface area (Å²) in [7, 11) is 1.58. The number of primary amides is 1. The van der Waals surface area contributed by atoms with Crippen molar-refractivity contribution in [3.8, 4) is 5.75 Å². The van der Waals surface area contributed by atoms with E-state index in [1.165, 1.54) is 0 Å². The lowest BCUT2D eigenvalue weighted by atomic mass is 9.92. The molecule has 0 aliphatic carbocycles. The molecular formula is C15H17N3O2. The normalized spacial score (nSPS) is 13.3. The number of hydrogen-bond acceptors (Lipinski definition) is 4. The van der Waals surface area contributed by atoms with Gasteiger partial charge in [0.1, 0.15) is 11.3 Å². The maximum Gasteiger partial charge on any atom is 0.247 e. The van der Waals surface area contributed by atoms with E-state index in [1.807, 2.05) is 24.3 Å². The number of carbonyl (C=O) groups excluding carboxylic acids is 1. The summed E-state index contributed by atoms with van der Waals surface area (Å²) >= 11 is 0. The van der Waals surface area contributed by atoms with Gasteiger partial charge in [0, 0.05) is 18.0 Å². The summed E-state index contributed by atoms with van der Waals surface area (Å²) in [6.07, 6.45) is 3.27. The predicted molar refractivity (Wildman–Crippen MR) is 77.4 cm³/mol. The highest BCUT2D eigenvalue weighted by Crippen LogP contribution is 2.31. The number of methoxy groups -OCH3 is 1. The maximum absolute atomic E-state index is 11.9. The molecule has 0 saturated heterocycles. The lowest BCUT2D eigenvalue weighted by Crippen LogP contribution is -2.45. The van der Waals surface area contributed by atoms with Gasteiger partial charge in [0.25, 0.3) is 0 Å². The Bertz CT molecular complexity index is 601. The molecular weight excluding hydrogens is 254 g/mol. The van der Waals surface area contributed by atoms with Crippen LogP contribution in [0.5, 0.6) is 5.75 Å². The topological polar surface area (TPSA) is 77.2 Å². The van der Waals surface area contributed by atoms with Crippen molar-refractivity contribution in [2.75, 3.05) is 12.4 Å². The van der Waals surface area contributed by atoms with Crippen LogP contribution in [-0.2, 0) is 10.3 Å². The number of hydrogen-bond donors (Lipinski definition) is 2. The molecule has 2 aromatic rings. The van der Waals surface area contributed by atoms with Gasteiger partial charge in [-0.15, -0.1) is 0 Å². The van der Waals surface area contributed by atoms with Crippen LogP contribution in [-0.4, -0.2) is 18.0 Å². The summed E-state index contributed by atoms with van der Waals surface area (Å²) in [6, 6.07) is 10.9. The summed E-state index contributed by atoms with van der Waals surface area (Å²) in [6.45, 7) is 1.72. The van der Waals surface area contributed by atoms with Gasteiger partial charge in [0.15, 0.2) is 0 Å². The molecule has 1 heterocycles. The Morgan fingerprint density at radius 1 is 1.30 bits per heavy atom. The SMILES string of the molecule is COc1ccccc1NC(C)(C(N)=O)c1cccnc1. The Labute approximate surface area is 117 Å². The molecule has 0 fully saturated rings. The third-order valence-electron chi connectivity index (χ3n) is 3.22. The van der Waals surface area contributed by atoms with Crippen molar-refractivity contribution in [3.05, 3.63) is 54.4 Å². The zero-order chi connectivity index (χ0) is 14.6. The molecule has 2 rings (SSSR count). The average molecular weight is 271 g/mol. The van der Waals surface area contributed by atoms with Gasteiger partial charge in [-0.25, -0.2) is 0 Å². The molecule has 1 atom stereocenters. The molecule has 1 unspecified atom stereocenters. The highest BCUT2D eigenvalue weighted by atomic mass is 16.5. The van der Waals surface area contributed by atoms with Crippen LogP contribution in [0.2, 0.25) is 0 Å². The van der Waals surface area contributed by atoms with Gasteiger partial charge >= 0.3 is 0 Å². The monoisotopic (exact) mass is 271 g/mol. The van der Waals surface area contributed by atoms with Crippen LogP contribution in [0.4, 0.5) is 5.69 Å². The quantitative estimate of drug-likeness (QED) is 0.870. The Kier molecular flexibility index (Phi) is 3.89. The summed E-state index contributed by atoms with van der Waals surface area (Å²) in [5, 5.41) is 3.15. The van der Waals surface area contributed by atoms with E-state index >= 15 is 0 Å². The first-order valence-corrected chi connectivity index (χ1v) is 6.19. The molecule has 0 radical (unpaired) electrons. The minimum absolute atomic E-state index is 0.489. The van der Waals surface area contributed by atoms with Gasteiger partial charge in [0.05, 0.1) is 12.8 Å². The van der Waals surface area contributed by atoms with Crippen LogP contribution in [0.25, 0.3) is 0 Å². The van der Waals surface area contributed by atoms with E-state index < -0.39 is 11.4 Å². The standard InChI is InChI=1S/C15H17N3O2/c1-15(14(16)19,11-6-5-9-17-10-11)18-12-7-3-4-8-13(12)20-2/h3-10,18H,1-2H3,(H2,16,19). The van der Waals surface area contributed by atoms with E-state index in [4.69, 9.17) is 10.5 Å². The van der Waals surface area contributed by atoms with E-state index in [0.717, 1.165) is 0 Å². The number of carbonyl (C=O) groups is 1. The molecule has 0 bridgehead atoms. The van der Waals surface area contributed by atoms with E-state index in [9.17, 15) is 4.79 Å². The summed E-state index contributed by atoms with van der Waals surface area (Å²) < 4.78 is 5.28. The van der Waals surface area contributed by atoms with Crippen molar-refractivity contribution in [1.82, 2.24) is 4.98 Å². The second-order valence-corrected chi connectivity index (χ2v) is 4.56. The molecule has 3 N–H and O–H groups in total. The molecule has 0 spiro atoms. The minimum atomic E-state index is -1.07. The van der Waals surface area contributed by atoms with Gasteiger partial charge < -0.3 is 15.8 Å². The number of benzene rings is 1. The fraction of sp³-hybridized carbons (Fsp3) is 0.200. The van der Waals surface area contributed by atoms with Gasteiger partial charge in [-0.2, -0.15) is 0 Å². The molecule has 1 aromatic carbocycles. The fourth-order valence-corrected chi connectivity index (χ4v) is 1.95. The number of amides is 1. The molecule has 0 aliphatic heterocycles. The Morgan fingerprint density at radius 3 is 2.65 bits per heavy atom. The van der Waals surface area contributed by atoms with E-state index in [0.29, 0.717) is 17.0 Å². The predicted octanol–water partition coefficient (Wildman–Crippen LogP) is 1.90. The molecule has 1 aromatic heterocycles. The zero-order valence-electron chi connectivity index (χ0n) is 11.5. The number of aromatic nitrogens is 1. The van der Waals surface area contributed by atoms with Gasteiger partial charge in [-0.3, -0.25) is 9.78 Å². The van der Waals surface area contributed by atoms with E-state index in [1.54, 1.807) is 38.6 Å². The van der Waals surface area contributed by atoms with Crippen LogP contribution >= 0.6 is 0 Å². The molecule has 0 saturated carbocycles. The van der Waals surface area contributed by atoms with E-state index in [2.05, 4.69) is 10.3 Å². The summed E-state index contributed by atoms with van der Waals surface area (Å²) in [5.74, 6) is 0.153. The van der Waals surface area contributed by atoms with E-state index in [-0.39, 0.29) is 0 Å². The Morgan fingerprint density at radius 2 is 2.05 bits per heavy atom. The first kappa shape index (κ1) is 13.9. The maximum atomic E-state index is 11.9. The third kappa shape index (κ3) is 2.56. The third-order valence-corrected chi connectivity index (χ3v) is 3.22. The fourth-order valence-electron chi connectivity index (χ4n) is 1.95. The van der Waals surface area contributed by atoms with Gasteiger partial charge in [-0.1, -0.05) is 18.2 Å². The molecule has 5 heteroatoms. The average Bonchev–Trinajstić information content (AvgIpc) is 2.48. The van der Waals surface area contributed by atoms with Crippen molar-refractivity contribution >= 4 is 11.6 Å². The van der Waals surface area contributed by atoms with Crippen molar-refractivity contribution in [3.63, 3.8) is 0 Å². The number of rotatable bonds is 5.